The monoisotopic (exact) mass is 455 g/mol. The van der Waals surface area contributed by atoms with Gasteiger partial charge in [0.05, 0.1) is 37.5 Å². The van der Waals surface area contributed by atoms with Crippen LogP contribution in [0.25, 0.3) is 5.76 Å². The smallest absolute Gasteiger partial charge is 0.295 e. The largest absolute Gasteiger partial charge is 0.507 e. The molecule has 176 valence electrons. The second-order valence-corrected chi connectivity index (χ2v) is 7.45. The highest BCUT2D eigenvalue weighted by molar-refractivity contribution is 6.46. The number of nitrogens with zero attached hydrogens (tertiary/aromatic N) is 1. The molecule has 33 heavy (non-hydrogen) atoms. The Balaban J connectivity index is 2.21. The average Bonchev–Trinajstić information content (AvgIpc) is 3.04. The van der Waals surface area contributed by atoms with Gasteiger partial charge in [-0.1, -0.05) is 13.0 Å². The van der Waals surface area contributed by atoms with Gasteiger partial charge in [-0.2, -0.15) is 0 Å². The van der Waals surface area contributed by atoms with Gasteiger partial charge in [0.2, 0.25) is 0 Å². The molecule has 0 aromatic heterocycles. The molecule has 0 saturated carbocycles. The maximum absolute atomic E-state index is 13.1. The Labute approximate surface area is 193 Å². The number of rotatable bonds is 9. The lowest BCUT2D eigenvalue weighted by molar-refractivity contribution is -0.139. The summed E-state index contributed by atoms with van der Waals surface area (Å²) in [6, 6.07) is 8.68. The van der Waals surface area contributed by atoms with Gasteiger partial charge in [-0.05, 0) is 50.1 Å². The number of ether oxygens (including phenoxy) is 3. The van der Waals surface area contributed by atoms with Crippen molar-refractivity contribution in [3.8, 4) is 23.0 Å². The number of carbonyl (C=O) groups is 2. The van der Waals surface area contributed by atoms with Crippen molar-refractivity contribution in [2.45, 2.75) is 33.2 Å². The van der Waals surface area contributed by atoms with Crippen LogP contribution in [0.15, 0.2) is 42.0 Å². The molecule has 0 radical (unpaired) electrons. The van der Waals surface area contributed by atoms with Crippen LogP contribution in [0.4, 0.5) is 0 Å². The first-order valence-corrected chi connectivity index (χ1v) is 10.9. The van der Waals surface area contributed by atoms with Gasteiger partial charge in [0.15, 0.2) is 11.5 Å². The number of phenols is 1. The van der Waals surface area contributed by atoms with Gasteiger partial charge in [0.1, 0.15) is 17.3 Å². The topological polar surface area (TPSA) is 106 Å². The molecule has 1 saturated heterocycles. The van der Waals surface area contributed by atoms with E-state index in [4.69, 9.17) is 14.2 Å². The Morgan fingerprint density at radius 3 is 2.33 bits per heavy atom. The van der Waals surface area contributed by atoms with Gasteiger partial charge in [-0.15, -0.1) is 0 Å². The van der Waals surface area contributed by atoms with E-state index in [9.17, 15) is 19.8 Å². The van der Waals surface area contributed by atoms with Crippen LogP contribution in [-0.4, -0.2) is 53.7 Å². The van der Waals surface area contributed by atoms with E-state index in [2.05, 4.69) is 0 Å². The Hall–Kier alpha value is -3.68. The molecule has 2 N–H and O–H groups in total. The summed E-state index contributed by atoms with van der Waals surface area (Å²) in [7, 11) is 1.43. The number of ketones is 1. The molecule has 3 rings (SSSR count). The van der Waals surface area contributed by atoms with Crippen LogP contribution in [0.5, 0.6) is 23.0 Å². The third-order valence-electron chi connectivity index (χ3n) is 5.34. The molecule has 2 aromatic rings. The third-order valence-corrected chi connectivity index (χ3v) is 5.34. The molecular formula is C25H29NO7. The van der Waals surface area contributed by atoms with Gasteiger partial charge >= 0.3 is 0 Å². The van der Waals surface area contributed by atoms with E-state index in [1.165, 1.54) is 18.1 Å². The lowest BCUT2D eigenvalue weighted by Crippen LogP contribution is -2.30. The number of Topliss-reactive ketones (excluding diaryl/α,β-unsaturated/α-hetero) is 1. The first kappa shape index (κ1) is 24.0. The Bertz CT molecular complexity index is 1080. The van der Waals surface area contributed by atoms with Crippen LogP contribution in [0.3, 0.4) is 0 Å². The van der Waals surface area contributed by atoms with Crippen LogP contribution in [-0.2, 0) is 9.59 Å². The molecule has 1 amide bonds. The fourth-order valence-electron chi connectivity index (χ4n) is 3.95. The lowest BCUT2D eigenvalue weighted by atomic mass is 9.94. The molecule has 0 bridgehead atoms. The summed E-state index contributed by atoms with van der Waals surface area (Å²) in [6.45, 7) is 6.64. The summed E-state index contributed by atoms with van der Waals surface area (Å²) < 4.78 is 16.3. The number of aliphatic hydroxyl groups excluding tert-OH is 1. The van der Waals surface area contributed by atoms with Gasteiger partial charge in [-0.25, -0.2) is 0 Å². The van der Waals surface area contributed by atoms with Crippen molar-refractivity contribution < 1.29 is 34.0 Å². The number of aromatic hydroxyl groups is 1. The van der Waals surface area contributed by atoms with E-state index in [-0.39, 0.29) is 28.4 Å². The van der Waals surface area contributed by atoms with Crippen molar-refractivity contribution in [2.24, 2.45) is 0 Å². The molecule has 8 heteroatoms. The summed E-state index contributed by atoms with van der Waals surface area (Å²) in [6.07, 6.45) is 0.610. The quantitative estimate of drug-likeness (QED) is 0.334. The zero-order chi connectivity index (χ0) is 24.1. The number of carbonyl (C=O) groups excluding carboxylic acids is 2. The predicted molar refractivity (Wildman–Crippen MR) is 123 cm³/mol. The van der Waals surface area contributed by atoms with Crippen molar-refractivity contribution in [1.82, 2.24) is 4.90 Å². The minimum atomic E-state index is -0.872. The number of likely N-dealkylation sites (tertiary alicyclic amines) is 1. The molecule has 1 fully saturated rings. The number of amides is 1. The van der Waals surface area contributed by atoms with Crippen LogP contribution >= 0.6 is 0 Å². The molecule has 1 heterocycles. The number of benzene rings is 2. The van der Waals surface area contributed by atoms with E-state index in [0.717, 1.165) is 0 Å². The van der Waals surface area contributed by atoms with E-state index >= 15 is 0 Å². The number of hydrogen-bond donors (Lipinski definition) is 2. The molecule has 1 aliphatic rings. The second kappa shape index (κ2) is 10.3. The highest BCUT2D eigenvalue weighted by Gasteiger charge is 2.46. The highest BCUT2D eigenvalue weighted by Crippen LogP contribution is 2.43. The molecule has 8 nitrogen and oxygen atoms in total. The van der Waals surface area contributed by atoms with E-state index < -0.39 is 17.7 Å². The van der Waals surface area contributed by atoms with Gasteiger partial charge in [-0.3, -0.25) is 9.59 Å². The highest BCUT2D eigenvalue weighted by atomic mass is 16.5. The minimum Gasteiger partial charge on any atom is -0.507 e. The Morgan fingerprint density at radius 1 is 1.00 bits per heavy atom. The van der Waals surface area contributed by atoms with E-state index in [1.807, 2.05) is 13.8 Å². The van der Waals surface area contributed by atoms with E-state index in [0.29, 0.717) is 43.2 Å². The van der Waals surface area contributed by atoms with Crippen molar-refractivity contribution in [3.05, 3.63) is 53.1 Å². The second-order valence-electron chi connectivity index (χ2n) is 7.45. The van der Waals surface area contributed by atoms with Gasteiger partial charge in [0, 0.05) is 12.6 Å². The van der Waals surface area contributed by atoms with Crippen molar-refractivity contribution in [1.29, 1.82) is 0 Å². The maximum atomic E-state index is 13.1. The number of methoxy groups -OCH3 is 1. The van der Waals surface area contributed by atoms with E-state index in [1.54, 1.807) is 37.3 Å². The fraction of sp³-hybridized carbons (Fsp3) is 0.360. The number of aliphatic hydroxyl groups is 1. The Kier molecular flexibility index (Phi) is 7.48. The SMILES string of the molecule is CCCN1C(=O)C(=O)/C(=C(\O)c2ccc(OCC)cc2OCC)C1c1ccc(OC)c(O)c1. The standard InChI is InChI=1S/C25H29NO7/c1-5-12-26-22(15-8-11-19(31-4)18(27)13-15)21(24(29)25(26)30)23(28)17-10-9-16(32-6-2)14-20(17)33-7-3/h8-11,13-14,22,27-28H,5-7,12H2,1-4H3/b23-21-. The number of hydrogen-bond acceptors (Lipinski definition) is 7. The van der Waals surface area contributed by atoms with Crippen molar-refractivity contribution in [2.75, 3.05) is 26.9 Å². The summed E-state index contributed by atoms with van der Waals surface area (Å²) in [5.74, 6) is -0.831. The Morgan fingerprint density at radius 2 is 1.73 bits per heavy atom. The van der Waals surface area contributed by atoms with Crippen molar-refractivity contribution >= 4 is 17.4 Å². The maximum Gasteiger partial charge on any atom is 0.295 e. The van der Waals surface area contributed by atoms with Gasteiger partial charge in [0.25, 0.3) is 11.7 Å². The molecule has 1 aliphatic heterocycles. The summed E-state index contributed by atoms with van der Waals surface area (Å²) in [5.41, 5.74) is 0.687. The molecule has 2 aromatic carbocycles. The first-order valence-electron chi connectivity index (χ1n) is 10.9. The molecule has 1 unspecified atom stereocenters. The van der Waals surface area contributed by atoms with Crippen molar-refractivity contribution in [3.63, 3.8) is 0 Å². The summed E-state index contributed by atoms with van der Waals surface area (Å²) >= 11 is 0. The average molecular weight is 456 g/mol. The molecule has 0 spiro atoms. The minimum absolute atomic E-state index is 0.0665. The normalized spacial score (nSPS) is 17.3. The summed E-state index contributed by atoms with van der Waals surface area (Å²) in [5, 5.41) is 21.6. The fourth-order valence-corrected chi connectivity index (χ4v) is 3.95. The lowest BCUT2D eigenvalue weighted by Gasteiger charge is -2.25. The van der Waals surface area contributed by atoms with Crippen LogP contribution in [0.1, 0.15) is 44.4 Å². The summed E-state index contributed by atoms with van der Waals surface area (Å²) in [4.78, 5) is 27.4. The van der Waals surface area contributed by atoms with Crippen LogP contribution in [0.2, 0.25) is 0 Å². The third kappa shape index (κ3) is 4.60. The van der Waals surface area contributed by atoms with Crippen LogP contribution < -0.4 is 14.2 Å². The zero-order valence-corrected chi connectivity index (χ0v) is 19.3. The van der Waals surface area contributed by atoms with Gasteiger partial charge < -0.3 is 29.3 Å². The molecule has 1 atom stereocenters. The molecule has 0 aliphatic carbocycles. The zero-order valence-electron chi connectivity index (χ0n) is 19.3. The number of phenolic OH excluding ortho intramolecular Hbond substituents is 1. The first-order chi connectivity index (χ1) is 15.9. The predicted octanol–water partition coefficient (Wildman–Crippen LogP) is 4.03. The van der Waals surface area contributed by atoms with Crippen LogP contribution in [0, 0.1) is 0 Å². The molecular weight excluding hydrogens is 426 g/mol.